The molecule has 2 saturated heterocycles. The molecule has 0 aromatic heterocycles. The highest BCUT2D eigenvalue weighted by molar-refractivity contribution is 5.91. The van der Waals surface area contributed by atoms with Crippen molar-refractivity contribution in [2.45, 2.75) is 57.5 Å². The number of carbonyl (C=O) groups excluding carboxylic acids is 3. The van der Waals surface area contributed by atoms with Gasteiger partial charge >= 0.3 is 5.97 Å². The SMILES string of the molecule is COCCC(=O)N[C@@](C)(NC(=O)[C@@H]1CCCN(C(=O)CCC2CCNCC2)C1)C(=O)O. The van der Waals surface area contributed by atoms with E-state index in [4.69, 9.17) is 4.74 Å². The Hall–Kier alpha value is -2.20. The average Bonchev–Trinajstić information content (AvgIpc) is 2.76. The van der Waals surface area contributed by atoms with Crippen LogP contribution in [0.25, 0.3) is 0 Å². The van der Waals surface area contributed by atoms with Gasteiger partial charge < -0.3 is 30.7 Å². The highest BCUT2D eigenvalue weighted by atomic mass is 16.5. The molecule has 0 aromatic rings. The van der Waals surface area contributed by atoms with E-state index in [1.165, 1.54) is 14.0 Å². The van der Waals surface area contributed by atoms with E-state index >= 15 is 0 Å². The molecular weight excluding hydrogens is 404 g/mol. The number of nitrogens with one attached hydrogen (secondary N) is 3. The number of likely N-dealkylation sites (tertiary alicyclic amines) is 1. The topological polar surface area (TPSA) is 137 Å². The lowest BCUT2D eigenvalue weighted by molar-refractivity contribution is -0.152. The lowest BCUT2D eigenvalue weighted by atomic mass is 9.92. The smallest absolute Gasteiger partial charge is 0.350 e. The lowest BCUT2D eigenvalue weighted by Crippen LogP contribution is -2.65. The first-order valence-corrected chi connectivity index (χ1v) is 11.1. The molecular formula is C21H36N4O6. The highest BCUT2D eigenvalue weighted by Gasteiger charge is 2.39. The quantitative estimate of drug-likeness (QED) is 0.353. The van der Waals surface area contributed by atoms with Crippen molar-refractivity contribution in [1.29, 1.82) is 0 Å². The largest absolute Gasteiger partial charge is 0.478 e. The molecule has 0 aliphatic carbocycles. The Labute approximate surface area is 183 Å². The summed E-state index contributed by atoms with van der Waals surface area (Å²) in [6.45, 7) is 4.25. The number of piperidine rings is 2. The lowest BCUT2D eigenvalue weighted by Gasteiger charge is -2.35. The van der Waals surface area contributed by atoms with E-state index in [9.17, 15) is 24.3 Å². The van der Waals surface area contributed by atoms with E-state index in [0.717, 1.165) is 32.4 Å². The van der Waals surface area contributed by atoms with Crippen LogP contribution in [0.5, 0.6) is 0 Å². The van der Waals surface area contributed by atoms with Gasteiger partial charge in [0.15, 0.2) is 0 Å². The third-order valence-corrected chi connectivity index (χ3v) is 6.09. The summed E-state index contributed by atoms with van der Waals surface area (Å²) < 4.78 is 4.82. The molecule has 3 amide bonds. The first kappa shape index (κ1) is 25.1. The first-order valence-electron chi connectivity index (χ1n) is 11.1. The van der Waals surface area contributed by atoms with Crippen molar-refractivity contribution < 1.29 is 29.0 Å². The Morgan fingerprint density at radius 3 is 2.48 bits per heavy atom. The Morgan fingerprint density at radius 2 is 1.84 bits per heavy atom. The predicted molar refractivity (Wildman–Crippen MR) is 113 cm³/mol. The molecule has 2 heterocycles. The van der Waals surface area contributed by atoms with Crippen molar-refractivity contribution in [3.8, 4) is 0 Å². The summed E-state index contributed by atoms with van der Waals surface area (Å²) in [5.74, 6) is -2.28. The van der Waals surface area contributed by atoms with Crippen molar-refractivity contribution in [3.63, 3.8) is 0 Å². The first-order chi connectivity index (χ1) is 14.7. The molecule has 2 aliphatic heterocycles. The van der Waals surface area contributed by atoms with Crippen LogP contribution in [0.15, 0.2) is 0 Å². The van der Waals surface area contributed by atoms with Crippen LogP contribution >= 0.6 is 0 Å². The van der Waals surface area contributed by atoms with Crippen molar-refractivity contribution in [2.75, 3.05) is 39.9 Å². The van der Waals surface area contributed by atoms with Crippen molar-refractivity contribution in [3.05, 3.63) is 0 Å². The zero-order chi connectivity index (χ0) is 22.9. The van der Waals surface area contributed by atoms with E-state index in [1.807, 2.05) is 0 Å². The Morgan fingerprint density at radius 1 is 1.13 bits per heavy atom. The second kappa shape index (κ2) is 12.0. The molecule has 4 N–H and O–H groups in total. The number of aliphatic carboxylic acids is 1. The monoisotopic (exact) mass is 440 g/mol. The number of rotatable bonds is 10. The van der Waals surface area contributed by atoms with Crippen LogP contribution in [-0.2, 0) is 23.9 Å². The molecule has 0 radical (unpaired) electrons. The third-order valence-electron chi connectivity index (χ3n) is 6.09. The molecule has 10 nitrogen and oxygen atoms in total. The molecule has 10 heteroatoms. The normalized spacial score (nSPS) is 21.7. The van der Waals surface area contributed by atoms with Crippen molar-refractivity contribution in [2.24, 2.45) is 11.8 Å². The van der Waals surface area contributed by atoms with Gasteiger partial charge in [0.05, 0.1) is 18.9 Å². The summed E-state index contributed by atoms with van der Waals surface area (Å²) in [6.07, 6.45) is 4.74. The van der Waals surface area contributed by atoms with Crippen molar-refractivity contribution in [1.82, 2.24) is 20.9 Å². The molecule has 0 aromatic carbocycles. The number of hydrogen-bond donors (Lipinski definition) is 4. The van der Waals surface area contributed by atoms with Gasteiger partial charge in [-0.05, 0) is 58.0 Å². The minimum atomic E-state index is -1.93. The molecule has 176 valence electrons. The van der Waals surface area contributed by atoms with E-state index < -0.39 is 29.4 Å². The van der Waals surface area contributed by atoms with Crippen LogP contribution in [0.2, 0.25) is 0 Å². The zero-order valence-electron chi connectivity index (χ0n) is 18.6. The molecule has 0 spiro atoms. The summed E-state index contributed by atoms with van der Waals surface area (Å²) in [4.78, 5) is 50.9. The molecule has 2 aliphatic rings. The van der Waals surface area contributed by atoms with Crippen LogP contribution in [0.1, 0.15) is 51.9 Å². The maximum atomic E-state index is 12.8. The minimum absolute atomic E-state index is 0.0159. The number of ether oxygens (including phenoxy) is 1. The number of nitrogens with zero attached hydrogens (tertiary/aromatic N) is 1. The van der Waals surface area contributed by atoms with E-state index in [-0.39, 0.29) is 25.5 Å². The number of carboxylic acids is 1. The Kier molecular flexibility index (Phi) is 9.70. The van der Waals surface area contributed by atoms with Gasteiger partial charge in [-0.3, -0.25) is 14.4 Å². The number of methoxy groups -OCH3 is 1. The van der Waals surface area contributed by atoms with Gasteiger partial charge in [-0.15, -0.1) is 0 Å². The van der Waals surface area contributed by atoms with E-state index in [0.29, 0.717) is 31.7 Å². The van der Waals surface area contributed by atoms with Gasteiger partial charge in [0.1, 0.15) is 0 Å². The second-order valence-corrected chi connectivity index (χ2v) is 8.62. The summed E-state index contributed by atoms with van der Waals surface area (Å²) in [5, 5.41) is 17.7. The maximum Gasteiger partial charge on any atom is 0.350 e. The predicted octanol–water partition coefficient (Wildman–Crippen LogP) is 0.0745. The number of amides is 3. The summed E-state index contributed by atoms with van der Waals surface area (Å²) >= 11 is 0. The van der Waals surface area contributed by atoms with Crippen LogP contribution < -0.4 is 16.0 Å². The maximum absolute atomic E-state index is 12.8. The average molecular weight is 441 g/mol. The molecule has 0 saturated carbocycles. The highest BCUT2D eigenvalue weighted by Crippen LogP contribution is 2.22. The standard InChI is InChI=1S/C21H36N4O6/c1-21(20(29)30,23-17(26)9-13-31-2)24-19(28)16-4-3-12-25(14-16)18(27)6-5-15-7-10-22-11-8-15/h15-16,22H,3-14H2,1-2H3,(H,23,26)(H,24,28)(H,29,30)/t16-,21+/m1/s1. The molecule has 0 bridgehead atoms. The fraction of sp³-hybridized carbons (Fsp3) is 0.810. The molecule has 0 unspecified atom stereocenters. The molecule has 2 fully saturated rings. The van der Waals surface area contributed by atoms with Crippen molar-refractivity contribution >= 4 is 23.7 Å². The van der Waals surface area contributed by atoms with Gasteiger partial charge in [-0.25, -0.2) is 4.79 Å². The fourth-order valence-electron chi connectivity index (χ4n) is 4.10. The van der Waals surface area contributed by atoms with Gasteiger partial charge in [-0.1, -0.05) is 0 Å². The summed E-state index contributed by atoms with van der Waals surface area (Å²) in [6, 6.07) is 0. The Balaban J connectivity index is 1.88. The minimum Gasteiger partial charge on any atom is -0.478 e. The second-order valence-electron chi connectivity index (χ2n) is 8.62. The molecule has 2 rings (SSSR count). The fourth-order valence-corrected chi connectivity index (χ4v) is 4.10. The van der Waals surface area contributed by atoms with Gasteiger partial charge in [0.25, 0.3) is 0 Å². The van der Waals surface area contributed by atoms with Crippen LogP contribution in [-0.4, -0.2) is 79.3 Å². The van der Waals surface area contributed by atoms with Crippen LogP contribution in [0, 0.1) is 11.8 Å². The zero-order valence-corrected chi connectivity index (χ0v) is 18.6. The van der Waals surface area contributed by atoms with Gasteiger partial charge in [0.2, 0.25) is 23.4 Å². The number of carboxylic acid groups (broad SMARTS) is 1. The van der Waals surface area contributed by atoms with Gasteiger partial charge in [-0.2, -0.15) is 0 Å². The molecule has 31 heavy (non-hydrogen) atoms. The summed E-state index contributed by atoms with van der Waals surface area (Å²) in [5.41, 5.74) is -1.93. The Bertz CT molecular complexity index is 652. The summed E-state index contributed by atoms with van der Waals surface area (Å²) in [7, 11) is 1.44. The van der Waals surface area contributed by atoms with E-state index in [2.05, 4.69) is 16.0 Å². The number of carbonyl (C=O) groups is 4. The van der Waals surface area contributed by atoms with Crippen LogP contribution in [0.4, 0.5) is 0 Å². The molecule has 2 atom stereocenters. The van der Waals surface area contributed by atoms with E-state index in [1.54, 1.807) is 4.90 Å². The number of hydrogen-bond acceptors (Lipinski definition) is 6. The van der Waals surface area contributed by atoms with Gasteiger partial charge in [0, 0.05) is 26.6 Å². The third kappa shape index (κ3) is 7.77. The van der Waals surface area contributed by atoms with Crippen LogP contribution in [0.3, 0.4) is 0 Å².